The molecular weight excluding hydrogens is 323 g/mol. The Bertz CT molecular complexity index is 245. The van der Waals surface area contributed by atoms with Crippen LogP contribution in [0, 0.1) is 5.92 Å². The molecule has 0 aromatic rings. The van der Waals surface area contributed by atoms with Crippen molar-refractivity contribution in [3.8, 4) is 0 Å². The van der Waals surface area contributed by atoms with Gasteiger partial charge in [-0.05, 0) is 52.9 Å². The molecule has 92 valence electrons. The van der Waals surface area contributed by atoms with Gasteiger partial charge < -0.3 is 9.47 Å². The predicted octanol–water partition coefficient (Wildman–Crippen LogP) is 2.46. The second kappa shape index (κ2) is 8.55. The third-order valence-corrected chi connectivity index (χ3v) is 2.39. The van der Waals surface area contributed by atoms with E-state index in [1.807, 2.05) is 0 Å². The molecule has 0 saturated carbocycles. The Labute approximate surface area is 110 Å². The van der Waals surface area contributed by atoms with Crippen LogP contribution in [0.4, 0.5) is 0 Å². The molecule has 16 heavy (non-hydrogen) atoms. The molecule has 0 aromatic heterocycles. The van der Waals surface area contributed by atoms with Gasteiger partial charge in [0.1, 0.15) is 0 Å². The van der Waals surface area contributed by atoms with Crippen LogP contribution in [0.5, 0.6) is 0 Å². The van der Waals surface area contributed by atoms with Crippen LogP contribution in [-0.2, 0) is 19.1 Å². The van der Waals surface area contributed by atoms with Crippen LogP contribution in [0.2, 0.25) is 0 Å². The maximum Gasteiger partial charge on any atom is 0.320 e. The lowest BCUT2D eigenvalue weighted by molar-refractivity contribution is -0.161. The van der Waals surface area contributed by atoms with Gasteiger partial charge in [0.2, 0.25) is 0 Å². The Balaban J connectivity index is 4.42. The summed E-state index contributed by atoms with van der Waals surface area (Å²) in [4.78, 5) is 23.0. The molecule has 0 bridgehead atoms. The molecule has 0 spiro atoms. The van der Waals surface area contributed by atoms with Crippen molar-refractivity contribution in [1.82, 2.24) is 0 Å². The minimum atomic E-state index is -0.827. The fraction of sp³-hybridized carbons (Fsp3) is 0.636. The van der Waals surface area contributed by atoms with Gasteiger partial charge in [0.05, 0.1) is 13.2 Å². The number of carbonyl (C=O) groups is 2. The highest BCUT2D eigenvalue weighted by atomic mass is 127. The number of ether oxygens (including phenoxy) is 2. The third-order valence-electron chi connectivity index (χ3n) is 1.85. The van der Waals surface area contributed by atoms with Gasteiger partial charge in [-0.15, -0.1) is 0 Å². The van der Waals surface area contributed by atoms with E-state index in [1.165, 1.54) is 0 Å². The van der Waals surface area contributed by atoms with Crippen molar-refractivity contribution >= 4 is 34.5 Å². The van der Waals surface area contributed by atoms with Crippen molar-refractivity contribution in [3.05, 3.63) is 10.2 Å². The summed E-state index contributed by atoms with van der Waals surface area (Å²) in [6, 6.07) is 0. The van der Waals surface area contributed by atoms with E-state index in [9.17, 15) is 9.59 Å². The monoisotopic (exact) mass is 340 g/mol. The summed E-state index contributed by atoms with van der Waals surface area (Å²) in [5.41, 5.74) is 0. The van der Waals surface area contributed by atoms with Crippen molar-refractivity contribution < 1.29 is 19.1 Å². The highest BCUT2D eigenvalue weighted by Gasteiger charge is 2.28. The standard InChI is InChI=1S/C11H17IO4/c1-4-15-10(13)9(7-6-8(3)12)11(14)16-5-2/h9H,3-7H2,1-2H3. The van der Waals surface area contributed by atoms with E-state index < -0.39 is 17.9 Å². The van der Waals surface area contributed by atoms with Crippen molar-refractivity contribution in [2.75, 3.05) is 13.2 Å². The number of rotatable bonds is 7. The Kier molecular flexibility index (Phi) is 8.23. The van der Waals surface area contributed by atoms with E-state index in [0.29, 0.717) is 12.8 Å². The van der Waals surface area contributed by atoms with Gasteiger partial charge in [0, 0.05) is 0 Å². The number of esters is 2. The van der Waals surface area contributed by atoms with Gasteiger partial charge in [0.25, 0.3) is 0 Å². The first-order valence-corrected chi connectivity index (χ1v) is 6.27. The minimum absolute atomic E-state index is 0.264. The SMILES string of the molecule is C=C(I)CCC(C(=O)OCC)C(=O)OCC. The smallest absolute Gasteiger partial charge is 0.320 e. The average molecular weight is 340 g/mol. The van der Waals surface area contributed by atoms with Gasteiger partial charge >= 0.3 is 11.9 Å². The summed E-state index contributed by atoms with van der Waals surface area (Å²) in [5, 5.41) is 0. The van der Waals surface area contributed by atoms with Gasteiger partial charge in [-0.25, -0.2) is 0 Å². The zero-order valence-electron chi connectivity index (χ0n) is 9.62. The molecule has 0 unspecified atom stereocenters. The molecule has 0 amide bonds. The number of halogens is 1. The summed E-state index contributed by atoms with van der Waals surface area (Å²) in [6.07, 6.45) is 0.988. The van der Waals surface area contributed by atoms with Crippen LogP contribution in [-0.4, -0.2) is 25.2 Å². The molecule has 0 aromatic carbocycles. The first kappa shape index (κ1) is 15.4. The zero-order chi connectivity index (χ0) is 12.6. The Morgan fingerprint density at radius 1 is 1.19 bits per heavy atom. The Morgan fingerprint density at radius 3 is 1.94 bits per heavy atom. The van der Waals surface area contributed by atoms with Gasteiger partial charge in [0.15, 0.2) is 5.92 Å². The Morgan fingerprint density at radius 2 is 1.62 bits per heavy atom. The van der Waals surface area contributed by atoms with Crippen molar-refractivity contribution in [2.24, 2.45) is 5.92 Å². The Hall–Kier alpha value is -0.590. The molecule has 0 atom stereocenters. The minimum Gasteiger partial charge on any atom is -0.465 e. The maximum absolute atomic E-state index is 11.5. The topological polar surface area (TPSA) is 52.6 Å². The second-order valence-electron chi connectivity index (χ2n) is 3.11. The number of hydrogen-bond acceptors (Lipinski definition) is 4. The van der Waals surface area contributed by atoms with E-state index in [-0.39, 0.29) is 13.2 Å². The lowest BCUT2D eigenvalue weighted by Crippen LogP contribution is -2.28. The van der Waals surface area contributed by atoms with E-state index in [0.717, 1.165) is 3.58 Å². The molecule has 0 aliphatic heterocycles. The molecule has 0 rings (SSSR count). The summed E-state index contributed by atoms with van der Waals surface area (Å²) in [7, 11) is 0. The highest BCUT2D eigenvalue weighted by molar-refractivity contribution is 14.1. The van der Waals surface area contributed by atoms with E-state index >= 15 is 0 Å². The number of carbonyl (C=O) groups excluding carboxylic acids is 2. The van der Waals surface area contributed by atoms with Crippen LogP contribution >= 0.6 is 22.6 Å². The zero-order valence-corrected chi connectivity index (χ0v) is 11.8. The normalized spacial score (nSPS) is 10.0. The number of hydrogen-bond donors (Lipinski definition) is 0. The molecule has 0 N–H and O–H groups in total. The maximum atomic E-state index is 11.5. The summed E-state index contributed by atoms with van der Waals surface area (Å²) < 4.78 is 10.6. The molecule has 0 radical (unpaired) electrons. The van der Waals surface area contributed by atoms with Gasteiger partial charge in [-0.1, -0.05) is 6.58 Å². The van der Waals surface area contributed by atoms with Crippen molar-refractivity contribution in [3.63, 3.8) is 0 Å². The first-order valence-electron chi connectivity index (χ1n) is 5.19. The fourth-order valence-electron chi connectivity index (χ4n) is 1.12. The predicted molar refractivity (Wildman–Crippen MR) is 69.2 cm³/mol. The van der Waals surface area contributed by atoms with E-state index in [4.69, 9.17) is 9.47 Å². The first-order chi connectivity index (χ1) is 7.52. The molecule has 4 nitrogen and oxygen atoms in total. The molecule has 0 fully saturated rings. The van der Waals surface area contributed by atoms with Gasteiger partial charge in [-0.3, -0.25) is 9.59 Å². The van der Waals surface area contributed by atoms with E-state index in [2.05, 4.69) is 29.2 Å². The van der Waals surface area contributed by atoms with Crippen LogP contribution in [0.25, 0.3) is 0 Å². The second-order valence-corrected chi connectivity index (χ2v) is 4.64. The average Bonchev–Trinajstić information content (AvgIpc) is 2.18. The lowest BCUT2D eigenvalue weighted by Gasteiger charge is -2.13. The highest BCUT2D eigenvalue weighted by Crippen LogP contribution is 2.18. The third kappa shape index (κ3) is 6.09. The van der Waals surface area contributed by atoms with Crippen LogP contribution in [0.15, 0.2) is 10.2 Å². The van der Waals surface area contributed by atoms with Crippen LogP contribution < -0.4 is 0 Å². The van der Waals surface area contributed by atoms with E-state index in [1.54, 1.807) is 13.8 Å². The van der Waals surface area contributed by atoms with Gasteiger partial charge in [-0.2, -0.15) is 0 Å². The molecule has 0 aliphatic carbocycles. The largest absolute Gasteiger partial charge is 0.465 e. The molecule has 0 heterocycles. The quantitative estimate of drug-likeness (QED) is 0.406. The lowest BCUT2D eigenvalue weighted by atomic mass is 10.0. The molecule has 0 saturated heterocycles. The van der Waals surface area contributed by atoms with Crippen molar-refractivity contribution in [1.29, 1.82) is 0 Å². The van der Waals surface area contributed by atoms with Crippen molar-refractivity contribution in [2.45, 2.75) is 26.7 Å². The van der Waals surface area contributed by atoms with Crippen LogP contribution in [0.1, 0.15) is 26.7 Å². The molecule has 5 heteroatoms. The fourth-order valence-corrected chi connectivity index (χ4v) is 1.43. The summed E-state index contributed by atoms with van der Waals surface area (Å²) in [5.74, 6) is -1.86. The summed E-state index contributed by atoms with van der Waals surface area (Å²) >= 11 is 2.07. The number of allylic oxidation sites excluding steroid dienone is 1. The van der Waals surface area contributed by atoms with Crippen LogP contribution in [0.3, 0.4) is 0 Å². The molecular formula is C11H17IO4. The molecule has 0 aliphatic rings. The summed E-state index contributed by atoms with van der Waals surface area (Å²) in [6.45, 7) is 7.66.